The van der Waals surface area contributed by atoms with Gasteiger partial charge in [0.15, 0.2) is 0 Å². The lowest BCUT2D eigenvalue weighted by atomic mass is 10.2. The van der Waals surface area contributed by atoms with Crippen molar-refractivity contribution in [2.24, 2.45) is 0 Å². The van der Waals surface area contributed by atoms with Crippen molar-refractivity contribution in [3.05, 3.63) is 60.4 Å². The van der Waals surface area contributed by atoms with Crippen LogP contribution in [0.5, 0.6) is 0 Å². The molecule has 18 heavy (non-hydrogen) atoms. The van der Waals surface area contributed by atoms with Crippen LogP contribution in [0, 0.1) is 0 Å². The zero-order chi connectivity index (χ0) is 12.4. The van der Waals surface area contributed by atoms with Gasteiger partial charge in [-0.3, -0.25) is 0 Å². The molecule has 1 atom stereocenters. The van der Waals surface area contributed by atoms with Crippen molar-refractivity contribution in [2.75, 3.05) is 0 Å². The highest BCUT2D eigenvalue weighted by molar-refractivity contribution is 5.39. The van der Waals surface area contributed by atoms with Crippen LogP contribution in [0.25, 0.3) is 5.65 Å². The van der Waals surface area contributed by atoms with Crippen molar-refractivity contribution in [3.8, 4) is 0 Å². The number of furan rings is 1. The molecule has 4 nitrogen and oxygen atoms in total. The van der Waals surface area contributed by atoms with Crippen molar-refractivity contribution in [1.29, 1.82) is 0 Å². The molecule has 0 aliphatic rings. The van der Waals surface area contributed by atoms with Gasteiger partial charge in [-0.1, -0.05) is 6.07 Å². The zero-order valence-corrected chi connectivity index (χ0v) is 10.2. The van der Waals surface area contributed by atoms with Crippen molar-refractivity contribution < 1.29 is 4.42 Å². The number of hydrogen-bond acceptors (Lipinski definition) is 3. The fourth-order valence-corrected chi connectivity index (χ4v) is 1.97. The first-order chi connectivity index (χ1) is 8.83. The van der Waals surface area contributed by atoms with E-state index in [9.17, 15) is 0 Å². The number of nitrogens with one attached hydrogen (secondary N) is 1. The highest BCUT2D eigenvalue weighted by Gasteiger charge is 2.08. The van der Waals surface area contributed by atoms with Crippen molar-refractivity contribution in [2.45, 2.75) is 19.5 Å². The summed E-state index contributed by atoms with van der Waals surface area (Å²) in [7, 11) is 0. The predicted molar refractivity (Wildman–Crippen MR) is 69.2 cm³/mol. The van der Waals surface area contributed by atoms with Gasteiger partial charge >= 0.3 is 0 Å². The summed E-state index contributed by atoms with van der Waals surface area (Å²) in [5, 5.41) is 3.39. The molecule has 92 valence electrons. The molecule has 0 bridgehead atoms. The first kappa shape index (κ1) is 11.0. The lowest BCUT2D eigenvalue weighted by Crippen LogP contribution is -2.17. The van der Waals surface area contributed by atoms with Crippen LogP contribution in [0.4, 0.5) is 0 Å². The summed E-state index contributed by atoms with van der Waals surface area (Å²) in [6, 6.07) is 10.0. The second kappa shape index (κ2) is 4.66. The summed E-state index contributed by atoms with van der Waals surface area (Å²) in [6.07, 6.45) is 5.73. The van der Waals surface area contributed by atoms with Gasteiger partial charge in [-0.05, 0) is 31.2 Å². The molecule has 0 aliphatic heterocycles. The lowest BCUT2D eigenvalue weighted by molar-refractivity contribution is 0.429. The fourth-order valence-electron chi connectivity index (χ4n) is 1.97. The van der Waals surface area contributed by atoms with Gasteiger partial charge in [0, 0.05) is 18.9 Å². The van der Waals surface area contributed by atoms with Crippen LogP contribution in [0.3, 0.4) is 0 Å². The third-order valence-electron chi connectivity index (χ3n) is 2.97. The SMILES string of the molecule is C[C@@H](NCc1cn2ccccc2n1)c1ccco1. The summed E-state index contributed by atoms with van der Waals surface area (Å²) >= 11 is 0. The number of imidazole rings is 1. The van der Waals surface area contributed by atoms with Gasteiger partial charge in [0.25, 0.3) is 0 Å². The largest absolute Gasteiger partial charge is 0.468 e. The van der Waals surface area contributed by atoms with Crippen molar-refractivity contribution in [3.63, 3.8) is 0 Å². The number of fused-ring (bicyclic) bond motifs is 1. The summed E-state index contributed by atoms with van der Waals surface area (Å²) < 4.78 is 7.38. The molecule has 0 radical (unpaired) electrons. The van der Waals surface area contributed by atoms with Gasteiger partial charge in [0.05, 0.1) is 18.0 Å². The molecule has 4 heteroatoms. The van der Waals surface area contributed by atoms with Crippen LogP contribution in [-0.4, -0.2) is 9.38 Å². The van der Waals surface area contributed by atoms with E-state index in [2.05, 4.69) is 17.2 Å². The molecule has 3 rings (SSSR count). The van der Waals surface area contributed by atoms with Crippen LogP contribution in [-0.2, 0) is 6.54 Å². The molecule has 0 spiro atoms. The maximum atomic E-state index is 5.35. The van der Waals surface area contributed by atoms with E-state index < -0.39 is 0 Å². The summed E-state index contributed by atoms with van der Waals surface area (Å²) in [6.45, 7) is 2.80. The standard InChI is InChI=1S/C14H15N3O/c1-11(13-5-4-8-18-13)15-9-12-10-17-7-3-2-6-14(17)16-12/h2-8,10-11,15H,9H2,1H3/t11-/m1/s1. The molecule has 1 N–H and O–H groups in total. The molecule has 0 saturated carbocycles. The zero-order valence-electron chi connectivity index (χ0n) is 10.2. The first-order valence-corrected chi connectivity index (χ1v) is 6.02. The Hall–Kier alpha value is -2.07. The van der Waals surface area contributed by atoms with Gasteiger partial charge in [-0.25, -0.2) is 4.98 Å². The Kier molecular flexibility index (Phi) is 2.86. The van der Waals surface area contributed by atoms with E-state index in [1.807, 2.05) is 47.1 Å². The number of nitrogens with zero attached hydrogens (tertiary/aromatic N) is 2. The summed E-state index contributed by atoms with van der Waals surface area (Å²) in [5.74, 6) is 0.943. The minimum absolute atomic E-state index is 0.185. The topological polar surface area (TPSA) is 42.5 Å². The van der Waals surface area contributed by atoms with E-state index in [-0.39, 0.29) is 6.04 Å². The van der Waals surface area contributed by atoms with Crippen LogP contribution in [0.2, 0.25) is 0 Å². The maximum Gasteiger partial charge on any atom is 0.137 e. The second-order valence-corrected chi connectivity index (χ2v) is 4.32. The molecule has 0 unspecified atom stereocenters. The van der Waals surface area contributed by atoms with Gasteiger partial charge in [-0.15, -0.1) is 0 Å². The van der Waals surface area contributed by atoms with Crippen molar-refractivity contribution in [1.82, 2.24) is 14.7 Å². The minimum Gasteiger partial charge on any atom is -0.468 e. The summed E-state index contributed by atoms with van der Waals surface area (Å²) in [4.78, 5) is 4.54. The highest BCUT2D eigenvalue weighted by atomic mass is 16.3. The number of hydrogen-bond donors (Lipinski definition) is 1. The molecule has 3 aromatic heterocycles. The van der Waals surface area contributed by atoms with E-state index in [0.29, 0.717) is 0 Å². The Bertz CT molecular complexity index is 594. The van der Waals surface area contributed by atoms with E-state index >= 15 is 0 Å². The van der Waals surface area contributed by atoms with Gasteiger partial charge in [0.1, 0.15) is 11.4 Å². The van der Waals surface area contributed by atoms with Crippen LogP contribution < -0.4 is 5.32 Å². The van der Waals surface area contributed by atoms with Crippen LogP contribution in [0.1, 0.15) is 24.4 Å². The maximum absolute atomic E-state index is 5.35. The Balaban J connectivity index is 1.69. The predicted octanol–water partition coefficient (Wildman–Crippen LogP) is 2.78. The monoisotopic (exact) mass is 241 g/mol. The third kappa shape index (κ3) is 2.15. The van der Waals surface area contributed by atoms with Crippen LogP contribution in [0.15, 0.2) is 53.4 Å². The summed E-state index contributed by atoms with van der Waals surface area (Å²) in [5.41, 5.74) is 2.00. The Morgan fingerprint density at radius 2 is 2.28 bits per heavy atom. The molecule has 0 aliphatic carbocycles. The molecule has 3 aromatic rings. The van der Waals surface area contributed by atoms with Gasteiger partial charge in [-0.2, -0.15) is 0 Å². The van der Waals surface area contributed by atoms with E-state index in [1.54, 1.807) is 6.26 Å². The average Bonchev–Trinajstić information content (AvgIpc) is 3.04. The first-order valence-electron chi connectivity index (χ1n) is 6.02. The molecule has 0 amide bonds. The number of aromatic nitrogens is 2. The minimum atomic E-state index is 0.185. The van der Waals surface area contributed by atoms with E-state index in [0.717, 1.165) is 23.6 Å². The highest BCUT2D eigenvalue weighted by Crippen LogP contribution is 2.13. The lowest BCUT2D eigenvalue weighted by Gasteiger charge is -2.09. The van der Waals surface area contributed by atoms with Crippen molar-refractivity contribution >= 4 is 5.65 Å². The number of pyridine rings is 1. The van der Waals surface area contributed by atoms with Crippen LogP contribution >= 0.6 is 0 Å². The second-order valence-electron chi connectivity index (χ2n) is 4.32. The molecule has 0 aromatic carbocycles. The molecular weight excluding hydrogens is 226 g/mol. The van der Waals surface area contributed by atoms with E-state index in [4.69, 9.17) is 4.42 Å². The smallest absolute Gasteiger partial charge is 0.137 e. The third-order valence-corrected chi connectivity index (χ3v) is 2.97. The fraction of sp³-hybridized carbons (Fsp3) is 0.214. The Morgan fingerprint density at radius 1 is 1.33 bits per heavy atom. The normalized spacial score (nSPS) is 12.9. The molecular formula is C14H15N3O. The molecule has 0 saturated heterocycles. The van der Waals surface area contributed by atoms with Gasteiger partial charge in [0.2, 0.25) is 0 Å². The molecule has 0 fully saturated rings. The average molecular weight is 241 g/mol. The quantitative estimate of drug-likeness (QED) is 0.763. The van der Waals surface area contributed by atoms with E-state index in [1.165, 1.54) is 0 Å². The van der Waals surface area contributed by atoms with Gasteiger partial charge < -0.3 is 14.1 Å². The Labute approximate surface area is 105 Å². The Morgan fingerprint density at radius 3 is 3.06 bits per heavy atom. The molecule has 3 heterocycles. The number of rotatable bonds is 4.